The van der Waals surface area contributed by atoms with Crippen LogP contribution in [-0.4, -0.2) is 84.4 Å². The van der Waals surface area contributed by atoms with E-state index in [4.69, 9.17) is 14.7 Å². The Kier molecular flexibility index (Phi) is 8.85. The van der Waals surface area contributed by atoms with Gasteiger partial charge in [-0.2, -0.15) is 5.26 Å². The number of anilines is 1. The highest BCUT2D eigenvalue weighted by atomic mass is 16.6. The number of amides is 1. The Labute approximate surface area is 191 Å². The summed E-state index contributed by atoms with van der Waals surface area (Å²) in [5.74, 6) is 0.895. The summed E-state index contributed by atoms with van der Waals surface area (Å²) in [5, 5.41) is 12.2. The quantitative estimate of drug-likeness (QED) is 0.627. The molecular weight excluding hydrogens is 406 g/mol. The van der Waals surface area contributed by atoms with Crippen LogP contribution < -0.4 is 5.32 Å². The Bertz CT molecular complexity index is 775. The molecule has 2 fully saturated rings. The molecule has 0 saturated carbocycles. The summed E-state index contributed by atoms with van der Waals surface area (Å²) >= 11 is 0. The smallest absolute Gasteiger partial charge is 0.239 e. The van der Waals surface area contributed by atoms with Crippen molar-refractivity contribution in [1.29, 1.82) is 5.26 Å². The van der Waals surface area contributed by atoms with Gasteiger partial charge < -0.3 is 19.7 Å². The molecule has 1 N–H and O–H groups in total. The van der Waals surface area contributed by atoms with Crippen molar-refractivity contribution in [1.82, 2.24) is 14.8 Å². The number of hydrogen-bond donors (Lipinski definition) is 1. The lowest BCUT2D eigenvalue weighted by Crippen LogP contribution is -2.53. The number of rotatable bonds is 9. The largest absolute Gasteiger partial charge is 0.377 e. The van der Waals surface area contributed by atoms with Crippen molar-refractivity contribution in [2.75, 3.05) is 51.3 Å². The van der Waals surface area contributed by atoms with Gasteiger partial charge in [0, 0.05) is 19.3 Å². The zero-order valence-electron chi connectivity index (χ0n) is 19.7. The van der Waals surface area contributed by atoms with Gasteiger partial charge in [-0.1, -0.05) is 13.8 Å². The van der Waals surface area contributed by atoms with Gasteiger partial charge in [0.25, 0.3) is 0 Å². The molecule has 0 radical (unpaired) electrons. The lowest BCUT2D eigenvalue weighted by molar-refractivity contribution is -0.141. The lowest BCUT2D eigenvalue weighted by atomic mass is 9.99. The van der Waals surface area contributed by atoms with Gasteiger partial charge >= 0.3 is 0 Å². The van der Waals surface area contributed by atoms with Crippen molar-refractivity contribution >= 4 is 11.7 Å². The molecule has 8 nitrogen and oxygen atoms in total. The molecule has 3 atom stereocenters. The summed E-state index contributed by atoms with van der Waals surface area (Å²) in [4.78, 5) is 21.9. The molecule has 3 rings (SSSR count). The molecule has 0 bridgehead atoms. The average Bonchev–Trinajstić information content (AvgIpc) is 3.09. The molecule has 176 valence electrons. The second kappa shape index (κ2) is 11.6. The minimum Gasteiger partial charge on any atom is -0.377 e. The Balaban J connectivity index is 1.58. The topological polar surface area (TPSA) is 90.7 Å². The van der Waals surface area contributed by atoms with Crippen LogP contribution in [0.25, 0.3) is 0 Å². The van der Waals surface area contributed by atoms with Crippen molar-refractivity contribution in [3.05, 3.63) is 23.9 Å². The number of ether oxygens (including phenoxy) is 2. The molecule has 2 aliphatic rings. The van der Waals surface area contributed by atoms with Crippen LogP contribution in [-0.2, 0) is 14.3 Å². The fraction of sp³-hybridized carbons (Fsp3) is 0.708. The van der Waals surface area contributed by atoms with Crippen molar-refractivity contribution in [2.24, 2.45) is 0 Å². The molecule has 0 aliphatic carbocycles. The summed E-state index contributed by atoms with van der Waals surface area (Å²) in [6.45, 7) is 11.1. The average molecular weight is 444 g/mol. The number of pyridine rings is 1. The van der Waals surface area contributed by atoms with Crippen LogP contribution in [0.2, 0.25) is 0 Å². The first-order valence-corrected chi connectivity index (χ1v) is 11.9. The second-order valence-electron chi connectivity index (χ2n) is 8.91. The first-order chi connectivity index (χ1) is 15.5. The molecule has 2 saturated heterocycles. The molecule has 8 heteroatoms. The maximum Gasteiger partial charge on any atom is 0.239 e. The fourth-order valence-corrected chi connectivity index (χ4v) is 4.63. The Morgan fingerprint density at radius 1 is 1.41 bits per heavy atom. The Morgan fingerprint density at radius 3 is 2.84 bits per heavy atom. The van der Waals surface area contributed by atoms with E-state index in [0.29, 0.717) is 38.4 Å². The van der Waals surface area contributed by atoms with Crippen molar-refractivity contribution < 1.29 is 14.3 Å². The molecule has 1 aromatic heterocycles. The maximum absolute atomic E-state index is 13.4. The zero-order valence-corrected chi connectivity index (χ0v) is 19.7. The van der Waals surface area contributed by atoms with Gasteiger partial charge in [0.2, 0.25) is 5.91 Å². The first kappa shape index (κ1) is 24.4. The summed E-state index contributed by atoms with van der Waals surface area (Å²) in [5.41, 5.74) is 0.0917. The molecule has 32 heavy (non-hydrogen) atoms. The van der Waals surface area contributed by atoms with E-state index in [0.717, 1.165) is 44.6 Å². The number of nitrogens with one attached hydrogen (secondary N) is 1. The van der Waals surface area contributed by atoms with Crippen LogP contribution in [0, 0.1) is 11.3 Å². The van der Waals surface area contributed by atoms with Crippen LogP contribution >= 0.6 is 0 Å². The first-order valence-electron chi connectivity index (χ1n) is 11.9. The Hall–Kier alpha value is -2.21. The van der Waals surface area contributed by atoms with Gasteiger partial charge in [-0.25, -0.2) is 4.98 Å². The highest BCUT2D eigenvalue weighted by Crippen LogP contribution is 2.33. The van der Waals surface area contributed by atoms with Crippen LogP contribution in [0.4, 0.5) is 5.82 Å². The van der Waals surface area contributed by atoms with Crippen molar-refractivity contribution in [3.8, 4) is 6.07 Å². The highest BCUT2D eigenvalue weighted by Gasteiger charge is 2.44. The van der Waals surface area contributed by atoms with E-state index in [1.807, 2.05) is 11.8 Å². The van der Waals surface area contributed by atoms with Crippen LogP contribution in [0.5, 0.6) is 0 Å². The molecule has 3 heterocycles. The van der Waals surface area contributed by atoms with Gasteiger partial charge in [-0.15, -0.1) is 0 Å². The highest BCUT2D eigenvalue weighted by molar-refractivity contribution is 5.81. The number of hydrogen-bond acceptors (Lipinski definition) is 7. The van der Waals surface area contributed by atoms with E-state index in [2.05, 4.69) is 35.1 Å². The monoisotopic (exact) mass is 443 g/mol. The van der Waals surface area contributed by atoms with E-state index >= 15 is 0 Å². The predicted molar refractivity (Wildman–Crippen MR) is 123 cm³/mol. The number of nitrogens with zero attached hydrogens (tertiary/aromatic N) is 4. The third-order valence-electron chi connectivity index (χ3n) is 6.33. The third kappa shape index (κ3) is 6.18. The molecule has 1 amide bonds. The van der Waals surface area contributed by atoms with E-state index in [1.165, 1.54) is 0 Å². The summed E-state index contributed by atoms with van der Waals surface area (Å²) < 4.78 is 12.4. The van der Waals surface area contributed by atoms with Gasteiger partial charge in [-0.05, 0) is 57.8 Å². The van der Waals surface area contributed by atoms with Crippen molar-refractivity contribution in [3.63, 3.8) is 0 Å². The molecule has 1 aromatic rings. The summed E-state index contributed by atoms with van der Waals surface area (Å²) in [6.07, 6.45) is 5.44. The van der Waals surface area contributed by atoms with Gasteiger partial charge in [0.1, 0.15) is 17.5 Å². The van der Waals surface area contributed by atoms with E-state index in [-0.39, 0.29) is 18.1 Å². The number of carbonyl (C=O) groups is 1. The zero-order chi connectivity index (χ0) is 23.0. The molecule has 1 spiro atoms. The molecule has 0 aromatic carbocycles. The SMILES string of the molecule is CCCN(CCC)[C@@H](C)C(=O)N1CCOCC2(CCC(CNc3ccc(C#N)cn3)O2)C1. The molecular formula is C24H37N5O3. The number of nitriles is 1. The van der Waals surface area contributed by atoms with Crippen LogP contribution in [0.3, 0.4) is 0 Å². The van der Waals surface area contributed by atoms with E-state index in [9.17, 15) is 4.79 Å². The summed E-state index contributed by atoms with van der Waals surface area (Å²) in [7, 11) is 0. The second-order valence-corrected chi connectivity index (χ2v) is 8.91. The predicted octanol–water partition coefficient (Wildman–Crippen LogP) is 2.65. The molecule has 2 unspecified atom stereocenters. The summed E-state index contributed by atoms with van der Waals surface area (Å²) in [6, 6.07) is 5.49. The van der Waals surface area contributed by atoms with E-state index < -0.39 is 5.60 Å². The van der Waals surface area contributed by atoms with Crippen molar-refractivity contribution in [2.45, 2.75) is 64.2 Å². The Morgan fingerprint density at radius 2 is 2.19 bits per heavy atom. The normalized spacial score (nSPS) is 24.3. The van der Waals surface area contributed by atoms with Gasteiger partial charge in [-0.3, -0.25) is 9.69 Å². The standard InChI is InChI=1S/C24H37N5O3/c1-4-10-28(11-5-2)19(3)23(30)29-12-13-31-18-24(17-29)9-8-21(32-24)16-27-22-7-6-20(14-25)15-26-22/h6-7,15,19,21H,4-5,8-13,16-18H2,1-3H3,(H,26,27)/t19-,21?,24?/m0/s1. The van der Waals surface area contributed by atoms with E-state index in [1.54, 1.807) is 18.3 Å². The molecule has 2 aliphatic heterocycles. The van der Waals surface area contributed by atoms with Crippen LogP contribution in [0.1, 0.15) is 52.0 Å². The maximum atomic E-state index is 13.4. The fourth-order valence-electron chi connectivity index (χ4n) is 4.63. The number of carbonyl (C=O) groups excluding carboxylic acids is 1. The lowest BCUT2D eigenvalue weighted by Gasteiger charge is -2.36. The van der Waals surface area contributed by atoms with Gasteiger partial charge in [0.15, 0.2) is 0 Å². The van der Waals surface area contributed by atoms with Crippen LogP contribution in [0.15, 0.2) is 18.3 Å². The third-order valence-corrected chi connectivity index (χ3v) is 6.33. The van der Waals surface area contributed by atoms with Gasteiger partial charge in [0.05, 0.1) is 37.5 Å². The minimum absolute atomic E-state index is 0.0280. The number of aromatic nitrogens is 1. The minimum atomic E-state index is -0.448.